The van der Waals surface area contributed by atoms with Gasteiger partial charge in [0.1, 0.15) is 0 Å². The smallest absolute Gasteiger partial charge is 0.230 e. The molecule has 0 aliphatic heterocycles. The van der Waals surface area contributed by atoms with Gasteiger partial charge in [-0.3, -0.25) is 4.79 Å². The molecule has 0 unspecified atom stereocenters. The quantitative estimate of drug-likeness (QED) is 0.582. The van der Waals surface area contributed by atoms with Crippen molar-refractivity contribution >= 4 is 34.1 Å². The topological polar surface area (TPSA) is 90.7 Å². The van der Waals surface area contributed by atoms with Gasteiger partial charge in [-0.2, -0.15) is 5.26 Å². The van der Waals surface area contributed by atoms with Crippen LogP contribution in [0.2, 0.25) is 0 Å². The molecule has 2 N–H and O–H groups in total. The Morgan fingerprint density at radius 2 is 2.33 bits per heavy atom. The van der Waals surface area contributed by atoms with E-state index in [4.69, 9.17) is 5.26 Å². The maximum atomic E-state index is 11.4. The fraction of sp³-hybridized carbons (Fsp3) is 0.600. The van der Waals surface area contributed by atoms with Crippen LogP contribution in [-0.2, 0) is 4.79 Å². The van der Waals surface area contributed by atoms with E-state index in [1.165, 1.54) is 23.1 Å². The van der Waals surface area contributed by atoms with Gasteiger partial charge in [-0.25, -0.2) is 0 Å². The Bertz CT molecular complexity index is 426. The maximum Gasteiger partial charge on any atom is 0.230 e. The first kappa shape index (κ1) is 14.7. The normalized spacial score (nSPS) is 10.1. The minimum absolute atomic E-state index is 0.0937. The lowest BCUT2D eigenvalue weighted by Gasteiger charge is -2.03. The summed E-state index contributed by atoms with van der Waals surface area (Å²) in [5.41, 5.74) is 0. The highest BCUT2D eigenvalue weighted by atomic mass is 32.2. The number of thioether (sulfide) groups is 1. The zero-order chi connectivity index (χ0) is 13.4. The molecule has 1 amide bonds. The number of carbonyl (C=O) groups is 1. The highest BCUT2D eigenvalue weighted by Crippen LogP contribution is 2.25. The van der Waals surface area contributed by atoms with Gasteiger partial charge in [0.25, 0.3) is 0 Å². The van der Waals surface area contributed by atoms with Crippen molar-refractivity contribution in [3.8, 4) is 6.07 Å². The highest BCUT2D eigenvalue weighted by molar-refractivity contribution is 8.01. The lowest BCUT2D eigenvalue weighted by atomic mass is 10.4. The number of nitrogens with zero attached hydrogens (tertiary/aromatic N) is 3. The first-order valence-electron chi connectivity index (χ1n) is 5.48. The largest absolute Gasteiger partial charge is 0.358 e. The Morgan fingerprint density at radius 1 is 1.56 bits per heavy atom. The zero-order valence-corrected chi connectivity index (χ0v) is 11.9. The summed E-state index contributed by atoms with van der Waals surface area (Å²) in [5.74, 6) is 0.200. The average molecular weight is 285 g/mol. The van der Waals surface area contributed by atoms with Crippen LogP contribution in [0.4, 0.5) is 5.13 Å². The molecule has 0 fully saturated rings. The van der Waals surface area contributed by atoms with Crippen molar-refractivity contribution in [3.63, 3.8) is 0 Å². The van der Waals surface area contributed by atoms with E-state index in [9.17, 15) is 4.79 Å². The van der Waals surface area contributed by atoms with E-state index in [1.54, 1.807) is 0 Å². The summed E-state index contributed by atoms with van der Waals surface area (Å²) in [6.45, 7) is 4.44. The van der Waals surface area contributed by atoms with Crippen molar-refractivity contribution in [2.75, 3.05) is 17.6 Å². The number of nitrogens with one attached hydrogen (secondary N) is 2. The molecule has 0 bridgehead atoms. The monoisotopic (exact) mass is 285 g/mol. The summed E-state index contributed by atoms with van der Waals surface area (Å²) in [7, 11) is 0. The van der Waals surface area contributed by atoms with Gasteiger partial charge in [0, 0.05) is 12.6 Å². The Morgan fingerprint density at radius 3 is 3.00 bits per heavy atom. The molecule has 18 heavy (non-hydrogen) atoms. The molecule has 0 aromatic carbocycles. The Kier molecular flexibility index (Phi) is 6.46. The van der Waals surface area contributed by atoms with Crippen LogP contribution >= 0.6 is 23.1 Å². The molecule has 0 aliphatic carbocycles. The third-order valence-corrected chi connectivity index (χ3v) is 3.69. The zero-order valence-electron chi connectivity index (χ0n) is 10.3. The Labute approximate surface area is 114 Å². The van der Waals surface area contributed by atoms with Gasteiger partial charge in [0.05, 0.1) is 18.2 Å². The fourth-order valence-corrected chi connectivity index (χ4v) is 2.74. The van der Waals surface area contributed by atoms with Crippen molar-refractivity contribution in [2.45, 2.75) is 30.6 Å². The van der Waals surface area contributed by atoms with E-state index in [1.807, 2.05) is 19.9 Å². The second kappa shape index (κ2) is 7.89. The minimum Gasteiger partial charge on any atom is -0.358 e. The second-order valence-corrected chi connectivity index (χ2v) is 5.92. The van der Waals surface area contributed by atoms with Gasteiger partial charge in [-0.15, -0.1) is 10.2 Å². The average Bonchev–Trinajstić information content (AvgIpc) is 2.73. The molecule has 98 valence electrons. The van der Waals surface area contributed by atoms with E-state index in [2.05, 4.69) is 20.8 Å². The Balaban J connectivity index is 2.28. The van der Waals surface area contributed by atoms with Gasteiger partial charge in [0.2, 0.25) is 11.0 Å². The summed E-state index contributed by atoms with van der Waals surface area (Å²) < 4.78 is 0.758. The molecule has 0 spiro atoms. The second-order valence-electron chi connectivity index (χ2n) is 3.72. The molecule has 8 heteroatoms. The van der Waals surface area contributed by atoms with E-state index in [0.717, 1.165) is 9.47 Å². The summed E-state index contributed by atoms with van der Waals surface area (Å²) >= 11 is 2.77. The van der Waals surface area contributed by atoms with Crippen LogP contribution in [0.25, 0.3) is 0 Å². The first-order chi connectivity index (χ1) is 8.61. The van der Waals surface area contributed by atoms with Gasteiger partial charge < -0.3 is 10.6 Å². The van der Waals surface area contributed by atoms with Crippen molar-refractivity contribution < 1.29 is 4.79 Å². The fourth-order valence-electron chi connectivity index (χ4n) is 1.01. The Hall–Kier alpha value is -1.33. The van der Waals surface area contributed by atoms with E-state index >= 15 is 0 Å². The molecule has 0 saturated carbocycles. The predicted molar refractivity (Wildman–Crippen MR) is 72.6 cm³/mol. The number of hydrogen-bond donors (Lipinski definition) is 2. The lowest BCUT2D eigenvalue weighted by molar-refractivity contribution is -0.118. The molecule has 1 aromatic rings. The first-order valence-corrected chi connectivity index (χ1v) is 7.28. The van der Waals surface area contributed by atoms with Gasteiger partial charge >= 0.3 is 0 Å². The van der Waals surface area contributed by atoms with Crippen LogP contribution in [0.5, 0.6) is 0 Å². The van der Waals surface area contributed by atoms with Gasteiger partial charge in [-0.1, -0.05) is 23.1 Å². The molecule has 0 saturated heterocycles. The van der Waals surface area contributed by atoms with Crippen molar-refractivity contribution in [3.05, 3.63) is 0 Å². The standard InChI is InChI=1S/C10H15N5OS2/c1-7(2)13-9-14-15-10(18-9)17-6-8(16)12-5-3-4-11/h7H,3,5-6H2,1-2H3,(H,12,16)(H,13,14). The van der Waals surface area contributed by atoms with E-state index in [-0.39, 0.29) is 5.91 Å². The SMILES string of the molecule is CC(C)Nc1nnc(SCC(=O)NCCC#N)s1. The molecule has 1 rings (SSSR count). The molecule has 1 heterocycles. The number of hydrogen-bond acceptors (Lipinski definition) is 7. The number of rotatable bonds is 7. The van der Waals surface area contributed by atoms with Crippen molar-refractivity contribution in [1.82, 2.24) is 15.5 Å². The molecule has 1 aromatic heterocycles. The number of carbonyl (C=O) groups excluding carboxylic acids is 1. The number of nitriles is 1. The molecule has 0 radical (unpaired) electrons. The van der Waals surface area contributed by atoms with Crippen LogP contribution in [0.3, 0.4) is 0 Å². The van der Waals surface area contributed by atoms with Crippen molar-refractivity contribution in [1.29, 1.82) is 5.26 Å². The number of aromatic nitrogens is 2. The molecular formula is C10H15N5OS2. The van der Waals surface area contributed by atoms with Gasteiger partial charge in [0.15, 0.2) is 4.34 Å². The third kappa shape index (κ3) is 5.84. The predicted octanol–water partition coefficient (Wildman–Crippen LogP) is 1.48. The number of amides is 1. The summed E-state index contributed by atoms with van der Waals surface area (Å²) in [5, 5.41) is 22.8. The molecule has 0 aliphatic rings. The van der Waals surface area contributed by atoms with Crippen LogP contribution in [0, 0.1) is 11.3 Å². The van der Waals surface area contributed by atoms with E-state index in [0.29, 0.717) is 24.8 Å². The highest BCUT2D eigenvalue weighted by Gasteiger charge is 2.08. The third-order valence-electron chi connectivity index (χ3n) is 1.70. The lowest BCUT2D eigenvalue weighted by Crippen LogP contribution is -2.25. The number of anilines is 1. The van der Waals surface area contributed by atoms with Crippen LogP contribution in [-0.4, -0.2) is 34.4 Å². The van der Waals surface area contributed by atoms with E-state index < -0.39 is 0 Å². The maximum absolute atomic E-state index is 11.4. The van der Waals surface area contributed by atoms with Gasteiger partial charge in [-0.05, 0) is 13.8 Å². The molecular weight excluding hydrogens is 270 g/mol. The minimum atomic E-state index is -0.0937. The summed E-state index contributed by atoms with van der Waals surface area (Å²) in [6.07, 6.45) is 0.331. The van der Waals surface area contributed by atoms with Crippen LogP contribution in [0.1, 0.15) is 20.3 Å². The molecule has 6 nitrogen and oxygen atoms in total. The van der Waals surface area contributed by atoms with Crippen LogP contribution in [0.15, 0.2) is 4.34 Å². The summed E-state index contributed by atoms with van der Waals surface area (Å²) in [6, 6.07) is 2.28. The molecule has 0 atom stereocenters. The van der Waals surface area contributed by atoms with Crippen molar-refractivity contribution in [2.24, 2.45) is 0 Å². The van der Waals surface area contributed by atoms with Crippen LogP contribution < -0.4 is 10.6 Å². The summed E-state index contributed by atoms with van der Waals surface area (Å²) in [4.78, 5) is 11.4.